The van der Waals surface area contributed by atoms with Gasteiger partial charge >= 0.3 is 6.03 Å². The van der Waals surface area contributed by atoms with Gasteiger partial charge < -0.3 is 20.3 Å². The van der Waals surface area contributed by atoms with E-state index in [2.05, 4.69) is 10.5 Å². The fraction of sp³-hybridized carbons (Fsp3) is 0.273. The Morgan fingerprint density at radius 1 is 1.56 bits per heavy atom. The molecule has 0 aliphatic carbocycles. The number of primary amides is 1. The predicted molar refractivity (Wildman–Crippen MR) is 65.9 cm³/mol. The highest BCUT2D eigenvalue weighted by Gasteiger charge is 2.04. The number of carbonyl (C=O) groups excluding carboxylic acids is 1. The van der Waals surface area contributed by atoms with E-state index >= 15 is 0 Å². The number of ether oxygens (including phenoxy) is 2. The predicted octanol–water partition coefficient (Wildman–Crippen LogP) is 0.0685. The minimum Gasteiger partial charge on any atom is -0.493 e. The minimum atomic E-state index is -0.735. The molecule has 1 aromatic rings. The maximum Gasteiger partial charge on any atom is 0.332 e. The van der Waals surface area contributed by atoms with Gasteiger partial charge in [-0.1, -0.05) is 0 Å². The second-order valence-electron chi connectivity index (χ2n) is 3.22. The number of aliphatic hydroxyl groups is 1. The zero-order valence-electron chi connectivity index (χ0n) is 9.92. The van der Waals surface area contributed by atoms with Crippen LogP contribution >= 0.6 is 0 Å². The SMILES string of the molecule is COc1cc(/C=N/NC(N)=O)ccc1OCCO. The summed E-state index contributed by atoms with van der Waals surface area (Å²) in [7, 11) is 1.50. The van der Waals surface area contributed by atoms with Crippen LogP contribution in [0.4, 0.5) is 4.79 Å². The smallest absolute Gasteiger partial charge is 0.332 e. The summed E-state index contributed by atoms with van der Waals surface area (Å²) in [4.78, 5) is 10.4. The molecule has 0 aromatic heterocycles. The molecule has 0 unspecified atom stereocenters. The van der Waals surface area contributed by atoms with E-state index in [9.17, 15) is 4.79 Å². The van der Waals surface area contributed by atoms with Gasteiger partial charge in [-0.3, -0.25) is 0 Å². The van der Waals surface area contributed by atoms with Gasteiger partial charge in [0.25, 0.3) is 0 Å². The monoisotopic (exact) mass is 253 g/mol. The molecule has 2 amide bonds. The fourth-order valence-electron chi connectivity index (χ4n) is 1.21. The number of rotatable bonds is 6. The summed E-state index contributed by atoms with van der Waals surface area (Å²) < 4.78 is 10.4. The molecular weight excluding hydrogens is 238 g/mol. The molecule has 7 nitrogen and oxygen atoms in total. The Morgan fingerprint density at radius 2 is 2.33 bits per heavy atom. The summed E-state index contributed by atoms with van der Waals surface area (Å²) in [6, 6.07) is 4.35. The summed E-state index contributed by atoms with van der Waals surface area (Å²) in [5.41, 5.74) is 7.65. The molecule has 18 heavy (non-hydrogen) atoms. The number of nitrogens with one attached hydrogen (secondary N) is 1. The Labute approximate surface area is 104 Å². The van der Waals surface area contributed by atoms with Crippen molar-refractivity contribution in [3.63, 3.8) is 0 Å². The first-order valence-electron chi connectivity index (χ1n) is 5.17. The van der Waals surface area contributed by atoms with Crippen LogP contribution in [0.15, 0.2) is 23.3 Å². The molecule has 98 valence electrons. The first-order valence-corrected chi connectivity index (χ1v) is 5.17. The zero-order chi connectivity index (χ0) is 13.4. The van der Waals surface area contributed by atoms with E-state index in [4.69, 9.17) is 20.3 Å². The van der Waals surface area contributed by atoms with Crippen LogP contribution < -0.4 is 20.6 Å². The van der Waals surface area contributed by atoms with Crippen molar-refractivity contribution in [2.75, 3.05) is 20.3 Å². The largest absolute Gasteiger partial charge is 0.493 e. The van der Waals surface area contributed by atoms with Gasteiger partial charge in [0, 0.05) is 0 Å². The standard InChI is InChI=1S/C11H15N3O4/c1-17-10-6-8(7-13-14-11(12)16)2-3-9(10)18-5-4-15/h2-3,6-7,15H,4-5H2,1H3,(H3,12,14,16)/b13-7+. The van der Waals surface area contributed by atoms with Crippen molar-refractivity contribution in [1.29, 1.82) is 0 Å². The van der Waals surface area contributed by atoms with Crippen LogP contribution in [-0.4, -0.2) is 37.7 Å². The molecule has 0 saturated heterocycles. The van der Waals surface area contributed by atoms with Crippen molar-refractivity contribution in [3.05, 3.63) is 23.8 Å². The van der Waals surface area contributed by atoms with E-state index in [1.54, 1.807) is 18.2 Å². The van der Waals surface area contributed by atoms with Crippen molar-refractivity contribution < 1.29 is 19.4 Å². The molecule has 0 aliphatic rings. The Morgan fingerprint density at radius 3 is 2.94 bits per heavy atom. The van der Waals surface area contributed by atoms with Crippen molar-refractivity contribution in [2.45, 2.75) is 0 Å². The van der Waals surface area contributed by atoms with Crippen LogP contribution in [0.5, 0.6) is 11.5 Å². The quantitative estimate of drug-likeness (QED) is 0.492. The molecule has 0 atom stereocenters. The first kappa shape index (κ1) is 13.8. The van der Waals surface area contributed by atoms with E-state index < -0.39 is 6.03 Å². The van der Waals surface area contributed by atoms with Gasteiger partial charge in [0.2, 0.25) is 0 Å². The van der Waals surface area contributed by atoms with Crippen LogP contribution in [0.25, 0.3) is 0 Å². The van der Waals surface area contributed by atoms with Gasteiger partial charge in [-0.2, -0.15) is 5.10 Å². The number of carbonyl (C=O) groups is 1. The molecule has 1 rings (SSSR count). The van der Waals surface area contributed by atoms with Crippen molar-refractivity contribution in [3.8, 4) is 11.5 Å². The number of amides is 2. The number of aliphatic hydroxyl groups excluding tert-OH is 1. The molecule has 0 fully saturated rings. The number of urea groups is 1. The highest BCUT2D eigenvalue weighted by atomic mass is 16.5. The lowest BCUT2D eigenvalue weighted by Crippen LogP contribution is -2.24. The van der Waals surface area contributed by atoms with E-state index in [0.717, 1.165) is 0 Å². The minimum absolute atomic E-state index is 0.0745. The van der Waals surface area contributed by atoms with E-state index in [1.165, 1.54) is 13.3 Å². The average Bonchev–Trinajstić information content (AvgIpc) is 2.36. The normalized spacial score (nSPS) is 10.3. The third-order valence-electron chi connectivity index (χ3n) is 1.92. The highest BCUT2D eigenvalue weighted by Crippen LogP contribution is 2.27. The number of hydrogen-bond donors (Lipinski definition) is 3. The second-order valence-corrected chi connectivity index (χ2v) is 3.22. The Hall–Kier alpha value is -2.28. The Kier molecular flexibility index (Phi) is 5.46. The summed E-state index contributed by atoms with van der Waals surface area (Å²) in [5, 5.41) is 12.3. The van der Waals surface area contributed by atoms with Crippen LogP contribution in [0.3, 0.4) is 0 Å². The van der Waals surface area contributed by atoms with Crippen LogP contribution in [0.1, 0.15) is 5.56 Å². The number of benzene rings is 1. The molecule has 0 saturated carbocycles. The Bertz CT molecular complexity index is 434. The molecule has 0 radical (unpaired) electrons. The number of nitrogens with two attached hydrogens (primary N) is 1. The van der Waals surface area contributed by atoms with E-state index in [-0.39, 0.29) is 13.2 Å². The molecule has 0 aliphatic heterocycles. The molecule has 4 N–H and O–H groups in total. The molecule has 0 spiro atoms. The third kappa shape index (κ3) is 4.30. The molecular formula is C11H15N3O4. The van der Waals surface area contributed by atoms with E-state index in [0.29, 0.717) is 17.1 Å². The first-order chi connectivity index (χ1) is 8.67. The zero-order valence-corrected chi connectivity index (χ0v) is 9.92. The van der Waals surface area contributed by atoms with Gasteiger partial charge in [-0.25, -0.2) is 10.2 Å². The second kappa shape index (κ2) is 7.13. The number of hydrazone groups is 1. The maximum absolute atomic E-state index is 10.4. The maximum atomic E-state index is 10.4. The van der Waals surface area contributed by atoms with Crippen molar-refractivity contribution in [1.82, 2.24) is 5.43 Å². The van der Waals surface area contributed by atoms with Crippen LogP contribution in [0.2, 0.25) is 0 Å². The Balaban J connectivity index is 2.77. The van der Waals surface area contributed by atoms with Gasteiger partial charge in [0.1, 0.15) is 6.61 Å². The number of hydrogen-bond acceptors (Lipinski definition) is 5. The van der Waals surface area contributed by atoms with Gasteiger partial charge in [0.05, 0.1) is 19.9 Å². The van der Waals surface area contributed by atoms with E-state index in [1.807, 2.05) is 0 Å². The van der Waals surface area contributed by atoms with Crippen LogP contribution in [0, 0.1) is 0 Å². The summed E-state index contributed by atoms with van der Waals surface area (Å²) in [5.74, 6) is 1.03. The van der Waals surface area contributed by atoms with Crippen molar-refractivity contribution in [2.24, 2.45) is 10.8 Å². The number of methoxy groups -OCH3 is 1. The fourth-order valence-corrected chi connectivity index (χ4v) is 1.21. The van der Waals surface area contributed by atoms with Gasteiger partial charge in [-0.15, -0.1) is 0 Å². The highest BCUT2D eigenvalue weighted by molar-refractivity contribution is 5.82. The lowest BCUT2D eigenvalue weighted by molar-refractivity contribution is 0.196. The lowest BCUT2D eigenvalue weighted by atomic mass is 10.2. The number of nitrogens with zero attached hydrogens (tertiary/aromatic N) is 1. The van der Waals surface area contributed by atoms with Gasteiger partial charge in [0.15, 0.2) is 11.5 Å². The topological polar surface area (TPSA) is 106 Å². The summed E-state index contributed by atoms with van der Waals surface area (Å²) in [6.45, 7) is 0.113. The molecule has 0 bridgehead atoms. The molecule has 1 aromatic carbocycles. The molecule has 7 heteroatoms. The van der Waals surface area contributed by atoms with Gasteiger partial charge in [-0.05, 0) is 23.8 Å². The molecule has 0 heterocycles. The van der Waals surface area contributed by atoms with Crippen molar-refractivity contribution >= 4 is 12.2 Å². The summed E-state index contributed by atoms with van der Waals surface area (Å²) >= 11 is 0. The average molecular weight is 253 g/mol. The third-order valence-corrected chi connectivity index (χ3v) is 1.92. The van der Waals surface area contributed by atoms with Crippen LogP contribution in [-0.2, 0) is 0 Å². The lowest BCUT2D eigenvalue weighted by Gasteiger charge is -2.09. The summed E-state index contributed by atoms with van der Waals surface area (Å²) in [6.07, 6.45) is 1.42.